The molecule has 0 atom stereocenters. The maximum Gasteiger partial charge on any atom is 0.135 e. The molecule has 10 aromatic carbocycles. The molecule has 0 N–H and O–H groups in total. The Kier molecular flexibility index (Phi) is 8.39. The first-order chi connectivity index (χ1) is 30.2. The summed E-state index contributed by atoms with van der Waals surface area (Å²) in [6.45, 7) is 0. The van der Waals surface area contributed by atoms with Gasteiger partial charge in [0.2, 0.25) is 0 Å². The Balaban J connectivity index is 0.914. The lowest BCUT2D eigenvalue weighted by molar-refractivity contribution is 0.669. The molecule has 0 fully saturated rings. The number of fused-ring (bicyclic) bond motifs is 7. The van der Waals surface area contributed by atoms with Crippen LogP contribution in [0, 0.1) is 0 Å². The van der Waals surface area contributed by atoms with Gasteiger partial charge in [0, 0.05) is 48.0 Å². The third-order valence-corrected chi connectivity index (χ3v) is 13.3. The van der Waals surface area contributed by atoms with Gasteiger partial charge in [-0.15, -0.1) is 11.3 Å². The van der Waals surface area contributed by atoms with Gasteiger partial charge in [0.1, 0.15) is 11.2 Å². The summed E-state index contributed by atoms with van der Waals surface area (Å²) < 4.78 is 8.78. The van der Waals surface area contributed by atoms with Gasteiger partial charge in [-0.25, -0.2) is 0 Å². The van der Waals surface area contributed by atoms with Gasteiger partial charge in [0.25, 0.3) is 0 Å². The molecule has 61 heavy (non-hydrogen) atoms. The number of rotatable bonds is 7. The fourth-order valence-corrected chi connectivity index (χ4v) is 10.2. The van der Waals surface area contributed by atoms with Crippen LogP contribution in [-0.2, 0) is 0 Å². The lowest BCUT2D eigenvalue weighted by Crippen LogP contribution is -2.09. The quantitative estimate of drug-likeness (QED) is 0.160. The largest absolute Gasteiger partial charge is 0.456 e. The Labute approximate surface area is 357 Å². The standard InChI is InChI=1S/C58H37NOS/c1-2-10-42-36-45(20-19-38(42)9-1)44-12-7-11-43(35-44)39-21-28-47(29-22-39)59(48-30-23-40(24-31-48)46-27-34-56-54(37-46)51-13-3-5-17-55(51)60-56)49-32-25-41(26-33-49)50-15-8-16-53-52-14-4-6-18-57(52)61-58(50)53/h1-37H. The minimum atomic E-state index is 0.906. The van der Waals surface area contributed by atoms with Crippen molar-refractivity contribution in [1.29, 1.82) is 0 Å². The van der Waals surface area contributed by atoms with Gasteiger partial charge >= 0.3 is 0 Å². The van der Waals surface area contributed by atoms with E-state index in [-0.39, 0.29) is 0 Å². The molecule has 12 rings (SSSR count). The average molecular weight is 796 g/mol. The van der Waals surface area contributed by atoms with Crippen molar-refractivity contribution in [2.24, 2.45) is 0 Å². The normalized spacial score (nSPS) is 11.6. The predicted octanol–water partition coefficient (Wildman–Crippen LogP) is 17.2. The maximum absolute atomic E-state index is 6.13. The van der Waals surface area contributed by atoms with Crippen LogP contribution in [0.5, 0.6) is 0 Å². The average Bonchev–Trinajstić information content (AvgIpc) is 3.91. The number of benzene rings is 10. The van der Waals surface area contributed by atoms with Crippen molar-refractivity contribution in [3.8, 4) is 44.5 Å². The van der Waals surface area contributed by atoms with E-state index in [1.807, 2.05) is 23.5 Å². The number of furan rings is 1. The van der Waals surface area contributed by atoms with E-state index in [0.717, 1.165) is 50.1 Å². The molecule has 0 aliphatic rings. The van der Waals surface area contributed by atoms with Crippen LogP contribution >= 0.6 is 11.3 Å². The molecule has 0 spiro atoms. The van der Waals surface area contributed by atoms with E-state index < -0.39 is 0 Å². The van der Waals surface area contributed by atoms with Gasteiger partial charge in [-0.1, -0.05) is 152 Å². The molecule has 12 aromatic rings. The highest BCUT2D eigenvalue weighted by Gasteiger charge is 2.16. The molecular weight excluding hydrogens is 759 g/mol. The molecule has 0 bridgehead atoms. The van der Waals surface area contributed by atoms with Gasteiger partial charge in [-0.2, -0.15) is 0 Å². The van der Waals surface area contributed by atoms with Crippen LogP contribution < -0.4 is 4.90 Å². The van der Waals surface area contributed by atoms with Crippen molar-refractivity contribution in [2.45, 2.75) is 0 Å². The second-order valence-corrected chi connectivity index (χ2v) is 16.8. The molecule has 3 heteroatoms. The second-order valence-electron chi connectivity index (χ2n) is 15.7. The Morgan fingerprint density at radius 2 is 0.836 bits per heavy atom. The fourth-order valence-electron chi connectivity index (χ4n) is 8.97. The SMILES string of the molecule is c1cc(-c2ccc(N(c3ccc(-c4ccc5oc6ccccc6c5c4)cc3)c3ccc(-c4cccc5c4sc4ccccc45)cc3)cc2)cc(-c2ccc3ccccc3c2)c1. The molecule has 0 radical (unpaired) electrons. The topological polar surface area (TPSA) is 16.4 Å². The molecule has 0 amide bonds. The summed E-state index contributed by atoms with van der Waals surface area (Å²) in [6.07, 6.45) is 0. The number of anilines is 3. The van der Waals surface area contributed by atoms with Crippen LogP contribution in [0.4, 0.5) is 17.1 Å². The zero-order chi connectivity index (χ0) is 40.3. The number of hydrogen-bond donors (Lipinski definition) is 0. The van der Waals surface area contributed by atoms with Gasteiger partial charge < -0.3 is 9.32 Å². The molecule has 2 nitrogen and oxygen atoms in total. The van der Waals surface area contributed by atoms with E-state index in [1.54, 1.807) is 0 Å². The number of hydrogen-bond acceptors (Lipinski definition) is 3. The molecule has 286 valence electrons. The summed E-state index contributed by atoms with van der Waals surface area (Å²) in [6, 6.07) is 81.3. The molecule has 0 saturated carbocycles. The van der Waals surface area contributed by atoms with Gasteiger partial charge in [-0.05, 0) is 128 Å². The molecule has 2 heterocycles. The maximum atomic E-state index is 6.13. The van der Waals surface area contributed by atoms with Gasteiger partial charge in [0.15, 0.2) is 0 Å². The summed E-state index contributed by atoms with van der Waals surface area (Å²) in [4.78, 5) is 2.36. The van der Waals surface area contributed by atoms with E-state index in [0.29, 0.717) is 0 Å². The lowest BCUT2D eigenvalue weighted by Gasteiger charge is -2.26. The zero-order valence-corrected chi connectivity index (χ0v) is 33.9. The van der Waals surface area contributed by atoms with Crippen LogP contribution in [0.2, 0.25) is 0 Å². The Bertz CT molecular complexity index is 3580. The molecule has 0 unspecified atom stereocenters. The number of thiophene rings is 1. The highest BCUT2D eigenvalue weighted by molar-refractivity contribution is 7.26. The van der Waals surface area contributed by atoms with E-state index in [2.05, 4.69) is 217 Å². The smallest absolute Gasteiger partial charge is 0.135 e. The summed E-state index contributed by atoms with van der Waals surface area (Å²) in [5.41, 5.74) is 14.7. The van der Waals surface area contributed by atoms with Crippen molar-refractivity contribution in [1.82, 2.24) is 0 Å². The van der Waals surface area contributed by atoms with E-state index in [4.69, 9.17) is 4.42 Å². The molecule has 0 aliphatic carbocycles. The first kappa shape index (κ1) is 35.2. The van der Waals surface area contributed by atoms with Crippen molar-refractivity contribution >= 4 is 81.3 Å². The Morgan fingerprint density at radius 1 is 0.311 bits per heavy atom. The first-order valence-corrected chi connectivity index (χ1v) is 21.5. The van der Waals surface area contributed by atoms with Crippen LogP contribution in [0.15, 0.2) is 229 Å². The van der Waals surface area contributed by atoms with E-state index in [9.17, 15) is 0 Å². The van der Waals surface area contributed by atoms with Crippen molar-refractivity contribution in [3.05, 3.63) is 224 Å². The molecule has 2 aromatic heterocycles. The third kappa shape index (κ3) is 6.26. The minimum Gasteiger partial charge on any atom is -0.456 e. The second kappa shape index (κ2) is 14.5. The highest BCUT2D eigenvalue weighted by Crippen LogP contribution is 2.42. The predicted molar refractivity (Wildman–Crippen MR) is 261 cm³/mol. The van der Waals surface area contributed by atoms with Gasteiger partial charge in [0.05, 0.1) is 0 Å². The monoisotopic (exact) mass is 795 g/mol. The summed E-state index contributed by atoms with van der Waals surface area (Å²) in [5, 5.41) is 7.40. The van der Waals surface area contributed by atoms with E-state index in [1.165, 1.54) is 64.3 Å². The molecular formula is C58H37NOS. The van der Waals surface area contributed by atoms with Crippen molar-refractivity contribution in [3.63, 3.8) is 0 Å². The van der Waals surface area contributed by atoms with Crippen molar-refractivity contribution < 1.29 is 4.42 Å². The Hall–Kier alpha value is -7.72. The Morgan fingerprint density at radius 3 is 1.59 bits per heavy atom. The van der Waals surface area contributed by atoms with Crippen LogP contribution in [0.25, 0.3) is 97.4 Å². The molecule has 0 aliphatic heterocycles. The third-order valence-electron chi connectivity index (χ3n) is 12.1. The summed E-state index contributed by atoms with van der Waals surface area (Å²) >= 11 is 1.87. The summed E-state index contributed by atoms with van der Waals surface area (Å²) in [5.74, 6) is 0. The summed E-state index contributed by atoms with van der Waals surface area (Å²) in [7, 11) is 0. The lowest BCUT2D eigenvalue weighted by atomic mass is 9.97. The van der Waals surface area contributed by atoms with Crippen LogP contribution in [0.3, 0.4) is 0 Å². The number of para-hydroxylation sites is 1. The van der Waals surface area contributed by atoms with Crippen molar-refractivity contribution in [2.75, 3.05) is 4.90 Å². The molecule has 0 saturated heterocycles. The van der Waals surface area contributed by atoms with Crippen LogP contribution in [0.1, 0.15) is 0 Å². The zero-order valence-electron chi connectivity index (χ0n) is 33.1. The minimum absolute atomic E-state index is 0.906. The van der Waals surface area contributed by atoms with Crippen LogP contribution in [-0.4, -0.2) is 0 Å². The highest BCUT2D eigenvalue weighted by atomic mass is 32.1. The van der Waals surface area contributed by atoms with E-state index >= 15 is 0 Å². The first-order valence-electron chi connectivity index (χ1n) is 20.7. The number of nitrogens with zero attached hydrogens (tertiary/aromatic N) is 1. The van der Waals surface area contributed by atoms with Gasteiger partial charge in [-0.3, -0.25) is 0 Å². The fraction of sp³-hybridized carbons (Fsp3) is 0.